The van der Waals surface area contributed by atoms with Gasteiger partial charge in [0.25, 0.3) is 17.7 Å². The fourth-order valence-electron chi connectivity index (χ4n) is 2.62. The third-order valence-electron chi connectivity index (χ3n) is 4.05. The van der Waals surface area contributed by atoms with Crippen molar-refractivity contribution >= 4 is 35.3 Å². The van der Waals surface area contributed by atoms with Crippen LogP contribution in [0.1, 0.15) is 36.8 Å². The minimum Gasteiger partial charge on any atom is -0.465 e. The van der Waals surface area contributed by atoms with Gasteiger partial charge in [-0.05, 0) is 36.4 Å². The molecule has 0 bridgehead atoms. The molecule has 0 saturated carbocycles. The Kier molecular flexibility index (Phi) is 6.11. The Balaban J connectivity index is 2.23. The fraction of sp³-hybridized carbons (Fsp3) is 0.100. The number of halogens is 4. The van der Waals surface area contributed by atoms with Crippen molar-refractivity contribution < 1.29 is 36.8 Å². The highest BCUT2D eigenvalue weighted by Crippen LogP contribution is 2.37. The summed E-state index contributed by atoms with van der Waals surface area (Å²) >= 11 is 5.80. The van der Waals surface area contributed by atoms with Crippen molar-refractivity contribution in [1.82, 2.24) is 5.16 Å². The van der Waals surface area contributed by atoms with Crippen LogP contribution in [-0.2, 0) is 10.9 Å². The van der Waals surface area contributed by atoms with Crippen molar-refractivity contribution in [1.29, 1.82) is 0 Å². The van der Waals surface area contributed by atoms with Crippen LogP contribution in [0.5, 0.6) is 0 Å². The zero-order chi connectivity index (χ0) is 22.8. The topological polar surface area (TPSA) is 89.7 Å². The van der Waals surface area contributed by atoms with Crippen LogP contribution in [0.15, 0.2) is 59.1 Å². The number of anilines is 1. The first-order valence-corrected chi connectivity index (χ1v) is 8.87. The van der Waals surface area contributed by atoms with Gasteiger partial charge in [-0.25, -0.2) is 9.69 Å². The average Bonchev–Trinajstić information content (AvgIpc) is 3.19. The van der Waals surface area contributed by atoms with Crippen molar-refractivity contribution in [3.63, 3.8) is 0 Å². The van der Waals surface area contributed by atoms with Gasteiger partial charge in [0.15, 0.2) is 5.56 Å². The Morgan fingerprint density at radius 1 is 0.968 bits per heavy atom. The molecule has 7 nitrogen and oxygen atoms in total. The van der Waals surface area contributed by atoms with E-state index in [1.54, 1.807) is 6.07 Å². The van der Waals surface area contributed by atoms with Gasteiger partial charge in [0.1, 0.15) is 0 Å². The zero-order valence-corrected chi connectivity index (χ0v) is 16.4. The molecule has 3 rings (SSSR count). The van der Waals surface area contributed by atoms with E-state index >= 15 is 0 Å². The molecular formula is C20H12ClF3N2O5. The molecule has 1 aromatic heterocycles. The molecule has 0 atom stereocenters. The molecule has 0 spiro atoms. The van der Waals surface area contributed by atoms with Crippen LogP contribution in [0.4, 0.5) is 19.1 Å². The van der Waals surface area contributed by atoms with Gasteiger partial charge in [-0.15, -0.1) is 0 Å². The average molecular weight is 453 g/mol. The van der Waals surface area contributed by atoms with Crippen molar-refractivity contribution in [2.24, 2.45) is 0 Å². The quantitative estimate of drug-likeness (QED) is 0.424. The van der Waals surface area contributed by atoms with E-state index in [-0.39, 0.29) is 16.1 Å². The second-order valence-electron chi connectivity index (χ2n) is 6.02. The SMILES string of the molecule is COC(=O)c1c(C(F)(F)F)noc1N(C(=O)c1ccccc1)C(=O)c1ccc(Cl)cc1. The van der Waals surface area contributed by atoms with Gasteiger partial charge < -0.3 is 9.26 Å². The number of rotatable bonds is 4. The van der Waals surface area contributed by atoms with Gasteiger partial charge in [0.05, 0.1) is 7.11 Å². The minimum atomic E-state index is -5.12. The molecule has 3 aromatic rings. The smallest absolute Gasteiger partial charge is 0.437 e. The summed E-state index contributed by atoms with van der Waals surface area (Å²) in [4.78, 5) is 38.7. The van der Waals surface area contributed by atoms with Crippen LogP contribution in [-0.4, -0.2) is 30.1 Å². The molecule has 160 valence electrons. The van der Waals surface area contributed by atoms with Crippen LogP contribution in [0.3, 0.4) is 0 Å². The van der Waals surface area contributed by atoms with Gasteiger partial charge in [-0.3, -0.25) is 9.59 Å². The monoisotopic (exact) mass is 452 g/mol. The molecule has 0 saturated heterocycles. The standard InChI is InChI=1S/C20H12ClF3N2O5/c1-30-19(29)14-15(20(22,23)24)25-31-18(14)26(16(27)11-5-3-2-4-6-11)17(28)12-7-9-13(21)10-8-12/h2-10H,1H3. The van der Waals surface area contributed by atoms with Crippen LogP contribution >= 0.6 is 11.6 Å². The highest BCUT2D eigenvalue weighted by Gasteiger charge is 2.45. The van der Waals surface area contributed by atoms with E-state index < -0.39 is 41.1 Å². The largest absolute Gasteiger partial charge is 0.465 e. The van der Waals surface area contributed by atoms with Crippen LogP contribution in [0.2, 0.25) is 5.02 Å². The molecule has 0 unspecified atom stereocenters. The van der Waals surface area contributed by atoms with Gasteiger partial charge in [-0.2, -0.15) is 13.2 Å². The maximum Gasteiger partial charge on any atom is 0.437 e. The summed E-state index contributed by atoms with van der Waals surface area (Å²) in [6.07, 6.45) is -5.12. The highest BCUT2D eigenvalue weighted by atomic mass is 35.5. The lowest BCUT2D eigenvalue weighted by Crippen LogP contribution is -2.38. The number of carbonyl (C=O) groups excluding carboxylic acids is 3. The predicted molar refractivity (Wildman–Crippen MR) is 102 cm³/mol. The molecule has 2 aromatic carbocycles. The van der Waals surface area contributed by atoms with Crippen molar-refractivity contribution in [2.75, 3.05) is 12.0 Å². The Morgan fingerprint density at radius 3 is 2.03 bits per heavy atom. The molecule has 0 fully saturated rings. The minimum absolute atomic E-state index is 0.0504. The molecule has 0 radical (unpaired) electrons. The van der Waals surface area contributed by atoms with Gasteiger partial charge in [0, 0.05) is 16.1 Å². The Hall–Kier alpha value is -3.66. The number of methoxy groups -OCH3 is 1. The summed E-state index contributed by atoms with van der Waals surface area (Å²) in [7, 11) is 0.837. The molecular weight excluding hydrogens is 441 g/mol. The molecule has 0 aliphatic rings. The lowest BCUT2D eigenvalue weighted by molar-refractivity contribution is -0.143. The second-order valence-corrected chi connectivity index (χ2v) is 6.46. The van der Waals surface area contributed by atoms with E-state index in [0.29, 0.717) is 4.90 Å². The first-order valence-electron chi connectivity index (χ1n) is 8.49. The van der Waals surface area contributed by atoms with Crippen molar-refractivity contribution in [3.05, 3.63) is 82.0 Å². The molecule has 1 heterocycles. The van der Waals surface area contributed by atoms with Crippen LogP contribution in [0, 0.1) is 0 Å². The van der Waals surface area contributed by atoms with Crippen molar-refractivity contribution in [2.45, 2.75) is 6.18 Å². The third kappa shape index (κ3) is 4.43. The number of amides is 2. The lowest BCUT2D eigenvalue weighted by Gasteiger charge is -2.19. The zero-order valence-electron chi connectivity index (χ0n) is 15.6. The molecule has 2 amide bonds. The highest BCUT2D eigenvalue weighted by molar-refractivity contribution is 6.31. The Bertz CT molecular complexity index is 1130. The number of aromatic nitrogens is 1. The predicted octanol–water partition coefficient (Wildman–Crippen LogP) is 4.62. The maximum atomic E-state index is 13.4. The number of ether oxygens (including phenoxy) is 1. The third-order valence-corrected chi connectivity index (χ3v) is 4.31. The van der Waals surface area contributed by atoms with Gasteiger partial charge in [0.2, 0.25) is 5.69 Å². The molecule has 0 N–H and O–H groups in total. The van der Waals surface area contributed by atoms with E-state index in [9.17, 15) is 27.6 Å². The summed E-state index contributed by atoms with van der Waals surface area (Å²) in [6, 6.07) is 12.5. The van der Waals surface area contributed by atoms with Crippen molar-refractivity contribution in [3.8, 4) is 0 Å². The Morgan fingerprint density at radius 2 is 1.52 bits per heavy atom. The van der Waals surface area contributed by atoms with Crippen LogP contribution < -0.4 is 4.90 Å². The number of imide groups is 1. The Labute approximate surface area is 177 Å². The van der Waals surface area contributed by atoms with Gasteiger partial charge >= 0.3 is 12.1 Å². The second kappa shape index (κ2) is 8.60. The van der Waals surface area contributed by atoms with E-state index in [2.05, 4.69) is 9.89 Å². The maximum absolute atomic E-state index is 13.4. The van der Waals surface area contributed by atoms with Gasteiger partial charge in [-0.1, -0.05) is 35.0 Å². The first kappa shape index (κ1) is 22.0. The van der Waals surface area contributed by atoms with E-state index in [4.69, 9.17) is 16.1 Å². The summed E-state index contributed by atoms with van der Waals surface area (Å²) in [5.74, 6) is -4.62. The van der Waals surface area contributed by atoms with E-state index in [1.165, 1.54) is 48.5 Å². The summed E-state index contributed by atoms with van der Waals surface area (Å²) in [6.45, 7) is 0. The molecule has 11 heteroatoms. The number of hydrogen-bond donors (Lipinski definition) is 0. The number of carbonyl (C=O) groups is 3. The first-order chi connectivity index (χ1) is 14.6. The summed E-state index contributed by atoms with van der Waals surface area (Å²) < 4.78 is 49.2. The van der Waals surface area contributed by atoms with E-state index in [1.807, 2.05) is 0 Å². The number of benzene rings is 2. The number of hydrogen-bond acceptors (Lipinski definition) is 6. The van der Waals surface area contributed by atoms with Crippen LogP contribution in [0.25, 0.3) is 0 Å². The normalized spacial score (nSPS) is 11.1. The molecule has 0 aliphatic heterocycles. The molecule has 0 aliphatic carbocycles. The number of alkyl halides is 3. The molecule has 31 heavy (non-hydrogen) atoms. The number of nitrogens with zero attached hydrogens (tertiary/aromatic N) is 2. The summed E-state index contributed by atoms with van der Waals surface area (Å²) in [5.41, 5.74) is -3.09. The summed E-state index contributed by atoms with van der Waals surface area (Å²) in [5, 5.41) is 3.16. The fourth-order valence-corrected chi connectivity index (χ4v) is 2.75. The lowest BCUT2D eigenvalue weighted by atomic mass is 10.1. The van der Waals surface area contributed by atoms with E-state index in [0.717, 1.165) is 7.11 Å². The number of esters is 1.